The second-order valence-electron chi connectivity index (χ2n) is 6.45. The average molecular weight is 349 g/mol. The van der Waals surface area contributed by atoms with Crippen molar-refractivity contribution in [3.05, 3.63) is 95.1 Å². The van der Waals surface area contributed by atoms with E-state index in [9.17, 15) is 13.6 Å². The number of carbonyl (C=O) groups excluding carboxylic acids is 1. The molecule has 0 spiro atoms. The highest BCUT2D eigenvalue weighted by Crippen LogP contribution is 2.37. The Morgan fingerprint density at radius 1 is 0.885 bits per heavy atom. The molecule has 3 aromatic rings. The van der Waals surface area contributed by atoms with E-state index in [1.54, 1.807) is 12.1 Å². The van der Waals surface area contributed by atoms with Gasteiger partial charge in [0.1, 0.15) is 11.6 Å². The Labute approximate surface area is 150 Å². The smallest absolute Gasteiger partial charge is 0.251 e. The van der Waals surface area contributed by atoms with Crippen LogP contribution in [0.2, 0.25) is 0 Å². The molecule has 0 aromatic heterocycles. The zero-order chi connectivity index (χ0) is 18.1. The van der Waals surface area contributed by atoms with Crippen LogP contribution in [0.4, 0.5) is 8.78 Å². The third-order valence-electron chi connectivity index (χ3n) is 4.84. The zero-order valence-electron chi connectivity index (χ0n) is 14.0. The van der Waals surface area contributed by atoms with Gasteiger partial charge in [-0.05, 0) is 71.5 Å². The largest absolute Gasteiger partial charge is 0.345 e. The topological polar surface area (TPSA) is 29.1 Å². The maximum absolute atomic E-state index is 13.2. The van der Waals surface area contributed by atoms with E-state index >= 15 is 0 Å². The lowest BCUT2D eigenvalue weighted by atomic mass is 9.96. The molecule has 0 bridgehead atoms. The molecule has 1 unspecified atom stereocenters. The van der Waals surface area contributed by atoms with Crippen molar-refractivity contribution < 1.29 is 13.6 Å². The molecule has 3 aromatic carbocycles. The molecule has 2 nitrogen and oxygen atoms in total. The van der Waals surface area contributed by atoms with Crippen LogP contribution in [-0.2, 0) is 6.42 Å². The van der Waals surface area contributed by atoms with Crippen molar-refractivity contribution in [2.75, 3.05) is 0 Å². The lowest BCUT2D eigenvalue weighted by Crippen LogP contribution is -2.27. The first-order chi connectivity index (χ1) is 12.6. The number of carbonyl (C=O) groups is 1. The second-order valence-corrected chi connectivity index (χ2v) is 6.45. The van der Waals surface area contributed by atoms with E-state index < -0.39 is 0 Å². The summed E-state index contributed by atoms with van der Waals surface area (Å²) < 4.78 is 26.2. The van der Waals surface area contributed by atoms with E-state index in [0.717, 1.165) is 29.5 Å². The minimum absolute atomic E-state index is 0.0806. The van der Waals surface area contributed by atoms with Crippen LogP contribution in [0.3, 0.4) is 0 Å². The van der Waals surface area contributed by atoms with E-state index in [1.807, 2.05) is 18.2 Å². The number of amides is 1. The maximum Gasteiger partial charge on any atom is 0.251 e. The molecule has 0 aliphatic heterocycles. The van der Waals surface area contributed by atoms with Gasteiger partial charge in [-0.15, -0.1) is 0 Å². The SMILES string of the molecule is O=C(NC1CCc2c(-c3ccc(F)cc3)cccc21)c1ccc(F)cc1. The molecule has 1 atom stereocenters. The Morgan fingerprint density at radius 2 is 1.54 bits per heavy atom. The molecular formula is C22H17F2NO. The Kier molecular flexibility index (Phi) is 4.25. The summed E-state index contributed by atoms with van der Waals surface area (Å²) in [7, 11) is 0. The summed E-state index contributed by atoms with van der Waals surface area (Å²) in [5.74, 6) is -0.836. The first-order valence-electron chi connectivity index (χ1n) is 8.56. The molecule has 0 fully saturated rings. The fraction of sp³-hybridized carbons (Fsp3) is 0.136. The zero-order valence-corrected chi connectivity index (χ0v) is 14.0. The summed E-state index contributed by atoms with van der Waals surface area (Å²) in [5.41, 5.74) is 4.75. The standard InChI is InChI=1S/C22H17F2NO/c23-16-8-4-14(5-9-16)18-2-1-3-20-19(18)12-13-21(20)25-22(26)15-6-10-17(24)11-7-15/h1-11,21H,12-13H2,(H,25,26). The van der Waals surface area contributed by atoms with Gasteiger partial charge in [0.05, 0.1) is 6.04 Å². The van der Waals surface area contributed by atoms with Crippen LogP contribution in [0.5, 0.6) is 0 Å². The van der Waals surface area contributed by atoms with Gasteiger partial charge in [0.25, 0.3) is 5.91 Å². The van der Waals surface area contributed by atoms with Gasteiger partial charge in [-0.3, -0.25) is 4.79 Å². The Hall–Kier alpha value is -3.01. The normalized spacial score (nSPS) is 15.5. The van der Waals surface area contributed by atoms with Crippen molar-refractivity contribution in [3.63, 3.8) is 0 Å². The maximum atomic E-state index is 13.2. The van der Waals surface area contributed by atoms with Crippen LogP contribution in [-0.4, -0.2) is 5.91 Å². The van der Waals surface area contributed by atoms with Crippen LogP contribution >= 0.6 is 0 Å². The summed E-state index contributed by atoms with van der Waals surface area (Å²) >= 11 is 0. The molecule has 0 saturated carbocycles. The average Bonchev–Trinajstić information content (AvgIpc) is 3.06. The molecule has 1 amide bonds. The van der Waals surface area contributed by atoms with Gasteiger partial charge in [-0.25, -0.2) is 8.78 Å². The third kappa shape index (κ3) is 3.10. The van der Waals surface area contributed by atoms with Crippen LogP contribution in [0.15, 0.2) is 66.7 Å². The van der Waals surface area contributed by atoms with Gasteiger partial charge >= 0.3 is 0 Å². The second kappa shape index (κ2) is 6.71. The quantitative estimate of drug-likeness (QED) is 0.704. The van der Waals surface area contributed by atoms with Crippen LogP contribution in [0.1, 0.15) is 33.9 Å². The van der Waals surface area contributed by atoms with Gasteiger partial charge in [-0.1, -0.05) is 30.3 Å². The number of fused-ring (bicyclic) bond motifs is 1. The molecule has 4 heteroatoms. The summed E-state index contributed by atoms with van der Waals surface area (Å²) in [6.07, 6.45) is 1.65. The van der Waals surface area contributed by atoms with E-state index in [2.05, 4.69) is 5.32 Å². The Bertz CT molecular complexity index is 949. The van der Waals surface area contributed by atoms with Gasteiger partial charge < -0.3 is 5.32 Å². The molecule has 0 saturated heterocycles. The number of rotatable bonds is 3. The highest BCUT2D eigenvalue weighted by atomic mass is 19.1. The van der Waals surface area contributed by atoms with Crippen molar-refractivity contribution in [1.82, 2.24) is 5.32 Å². The molecular weight excluding hydrogens is 332 g/mol. The highest BCUT2D eigenvalue weighted by molar-refractivity contribution is 5.94. The van der Waals surface area contributed by atoms with Crippen molar-refractivity contribution >= 4 is 5.91 Å². The lowest BCUT2D eigenvalue weighted by Gasteiger charge is -2.15. The summed E-state index contributed by atoms with van der Waals surface area (Å²) in [6, 6.07) is 17.9. The van der Waals surface area contributed by atoms with Crippen LogP contribution in [0.25, 0.3) is 11.1 Å². The number of benzene rings is 3. The first kappa shape index (κ1) is 16.5. The van der Waals surface area contributed by atoms with Crippen molar-refractivity contribution in [2.45, 2.75) is 18.9 Å². The Morgan fingerprint density at radius 3 is 2.23 bits per heavy atom. The van der Waals surface area contributed by atoms with Crippen molar-refractivity contribution in [3.8, 4) is 11.1 Å². The van der Waals surface area contributed by atoms with E-state index in [-0.39, 0.29) is 23.6 Å². The summed E-state index contributed by atoms with van der Waals surface area (Å²) in [6.45, 7) is 0. The number of halogens is 2. The minimum atomic E-state index is -0.364. The van der Waals surface area contributed by atoms with Gasteiger partial charge in [0.2, 0.25) is 0 Å². The lowest BCUT2D eigenvalue weighted by molar-refractivity contribution is 0.0936. The summed E-state index contributed by atoms with van der Waals surface area (Å²) in [5, 5.41) is 3.04. The molecule has 26 heavy (non-hydrogen) atoms. The molecule has 1 N–H and O–H groups in total. The van der Waals surface area contributed by atoms with E-state index in [0.29, 0.717) is 5.56 Å². The molecule has 1 aliphatic rings. The highest BCUT2D eigenvalue weighted by Gasteiger charge is 2.26. The van der Waals surface area contributed by atoms with Gasteiger partial charge in [0.15, 0.2) is 0 Å². The van der Waals surface area contributed by atoms with E-state index in [1.165, 1.54) is 42.0 Å². The minimum Gasteiger partial charge on any atom is -0.345 e. The van der Waals surface area contributed by atoms with Crippen molar-refractivity contribution in [2.24, 2.45) is 0 Å². The number of nitrogens with one attached hydrogen (secondary N) is 1. The fourth-order valence-electron chi connectivity index (χ4n) is 3.55. The predicted molar refractivity (Wildman–Crippen MR) is 96.8 cm³/mol. The van der Waals surface area contributed by atoms with Gasteiger partial charge in [-0.2, -0.15) is 0 Å². The predicted octanol–water partition coefficient (Wildman–Crippen LogP) is 5.05. The monoisotopic (exact) mass is 349 g/mol. The van der Waals surface area contributed by atoms with Crippen LogP contribution in [0, 0.1) is 11.6 Å². The first-order valence-corrected chi connectivity index (χ1v) is 8.56. The molecule has 1 aliphatic carbocycles. The van der Waals surface area contributed by atoms with E-state index in [4.69, 9.17) is 0 Å². The third-order valence-corrected chi connectivity index (χ3v) is 4.84. The molecule has 0 heterocycles. The Balaban J connectivity index is 1.60. The fourth-order valence-corrected chi connectivity index (χ4v) is 3.55. The molecule has 0 radical (unpaired) electrons. The van der Waals surface area contributed by atoms with Crippen molar-refractivity contribution in [1.29, 1.82) is 0 Å². The summed E-state index contributed by atoms with van der Waals surface area (Å²) in [4.78, 5) is 12.4. The molecule has 130 valence electrons. The molecule has 4 rings (SSSR count). The van der Waals surface area contributed by atoms with Crippen LogP contribution < -0.4 is 5.32 Å². The van der Waals surface area contributed by atoms with Gasteiger partial charge in [0, 0.05) is 5.56 Å². The number of hydrogen-bond acceptors (Lipinski definition) is 1. The number of hydrogen-bond donors (Lipinski definition) is 1.